The van der Waals surface area contributed by atoms with Crippen LogP contribution in [0.3, 0.4) is 0 Å². The smallest absolute Gasteiger partial charge is 0.323 e. The van der Waals surface area contributed by atoms with Gasteiger partial charge in [0.25, 0.3) is 0 Å². The Bertz CT molecular complexity index is 281. The normalized spacial score (nSPS) is 23.3. The molecule has 0 spiro atoms. The second kappa shape index (κ2) is 9.95. The molecule has 0 saturated carbocycles. The van der Waals surface area contributed by atoms with E-state index in [1.165, 1.54) is 6.42 Å². The molecule has 0 fully saturated rings. The number of ether oxygens (including phenoxy) is 2. The second-order valence-corrected chi connectivity index (χ2v) is 4.73. The Morgan fingerprint density at radius 2 is 2.16 bits per heavy atom. The van der Waals surface area contributed by atoms with Crippen LogP contribution in [0.15, 0.2) is 12.2 Å². The summed E-state index contributed by atoms with van der Waals surface area (Å²) in [4.78, 5) is 10.7. The summed E-state index contributed by atoms with van der Waals surface area (Å²) in [7, 11) is 1.61. The molecule has 0 amide bonds. The maximum Gasteiger partial charge on any atom is 0.323 e. The number of carboxylic acid groups (broad SMARTS) is 1. The minimum absolute atomic E-state index is 0.169. The van der Waals surface area contributed by atoms with Gasteiger partial charge in [0.05, 0.1) is 25.9 Å². The summed E-state index contributed by atoms with van der Waals surface area (Å²) in [5.41, 5.74) is 0. The Morgan fingerprint density at radius 1 is 1.37 bits per heavy atom. The third-order valence-electron chi connectivity index (χ3n) is 3.23. The largest absolute Gasteiger partial charge is 0.480 e. The molecule has 0 aliphatic heterocycles. The number of carbonyl (C=O) groups is 1. The van der Waals surface area contributed by atoms with E-state index in [0.717, 1.165) is 25.7 Å². The van der Waals surface area contributed by atoms with E-state index in [1.54, 1.807) is 7.05 Å². The number of rotatable bonds is 8. The number of carboxylic acids is 1. The van der Waals surface area contributed by atoms with E-state index < -0.39 is 12.0 Å². The summed E-state index contributed by atoms with van der Waals surface area (Å²) in [5.74, 6) is -0.893. The molecule has 1 unspecified atom stereocenters. The summed E-state index contributed by atoms with van der Waals surface area (Å²) in [6.07, 6.45) is 10.3. The summed E-state index contributed by atoms with van der Waals surface area (Å²) in [5, 5.41) is 11.5. The first-order valence-corrected chi connectivity index (χ1v) is 6.98. The Balaban J connectivity index is 2.06. The van der Waals surface area contributed by atoms with Crippen molar-refractivity contribution < 1.29 is 19.4 Å². The zero-order chi connectivity index (χ0) is 13.9. The predicted molar refractivity (Wildman–Crippen MR) is 73.3 cm³/mol. The van der Waals surface area contributed by atoms with E-state index >= 15 is 0 Å². The molecule has 110 valence electrons. The number of hydrogen-bond acceptors (Lipinski definition) is 4. The molecule has 2 atom stereocenters. The highest BCUT2D eigenvalue weighted by atomic mass is 16.5. The fourth-order valence-corrected chi connectivity index (χ4v) is 2.05. The van der Waals surface area contributed by atoms with Crippen molar-refractivity contribution in [2.24, 2.45) is 0 Å². The molecule has 0 aromatic carbocycles. The van der Waals surface area contributed by atoms with Gasteiger partial charge in [-0.1, -0.05) is 12.2 Å². The highest BCUT2D eigenvalue weighted by Gasteiger charge is 2.14. The maximum atomic E-state index is 10.7. The van der Waals surface area contributed by atoms with Crippen molar-refractivity contribution in [1.29, 1.82) is 0 Å². The molecule has 1 rings (SSSR count). The quantitative estimate of drug-likeness (QED) is 0.518. The van der Waals surface area contributed by atoms with Gasteiger partial charge in [0.15, 0.2) is 0 Å². The van der Waals surface area contributed by atoms with Crippen molar-refractivity contribution in [3.05, 3.63) is 12.2 Å². The second-order valence-electron chi connectivity index (χ2n) is 4.73. The number of hydrogen-bond donors (Lipinski definition) is 2. The average Bonchev–Trinajstić information content (AvgIpc) is 2.35. The number of aliphatic carboxylic acids is 1. The number of nitrogens with one attached hydrogen (secondary N) is 1. The highest BCUT2D eigenvalue weighted by molar-refractivity contribution is 5.73. The molecule has 0 radical (unpaired) electrons. The van der Waals surface area contributed by atoms with Gasteiger partial charge in [0.2, 0.25) is 0 Å². The lowest BCUT2D eigenvalue weighted by atomic mass is 10.0. The van der Waals surface area contributed by atoms with Crippen LogP contribution in [0.1, 0.15) is 32.1 Å². The molecule has 0 aromatic heterocycles. The number of allylic oxidation sites excluding steroid dienone is 2. The van der Waals surface area contributed by atoms with Gasteiger partial charge >= 0.3 is 5.97 Å². The van der Waals surface area contributed by atoms with Gasteiger partial charge in [0, 0.05) is 0 Å². The molecule has 19 heavy (non-hydrogen) atoms. The van der Waals surface area contributed by atoms with Crippen molar-refractivity contribution in [3.8, 4) is 0 Å². The minimum atomic E-state index is -0.893. The van der Waals surface area contributed by atoms with Crippen molar-refractivity contribution >= 4 is 5.97 Å². The Hall–Kier alpha value is -0.910. The van der Waals surface area contributed by atoms with Crippen LogP contribution in [-0.2, 0) is 14.3 Å². The lowest BCUT2D eigenvalue weighted by molar-refractivity contribution is -0.141. The van der Waals surface area contributed by atoms with Crippen LogP contribution in [0.4, 0.5) is 0 Å². The Kier molecular flexibility index (Phi) is 8.45. The molecule has 0 bridgehead atoms. The van der Waals surface area contributed by atoms with E-state index in [4.69, 9.17) is 14.6 Å². The molecular weight excluding hydrogens is 246 g/mol. The van der Waals surface area contributed by atoms with Gasteiger partial charge in [-0.05, 0) is 39.2 Å². The van der Waals surface area contributed by atoms with Crippen LogP contribution in [0.5, 0.6) is 0 Å². The first-order valence-electron chi connectivity index (χ1n) is 6.98. The van der Waals surface area contributed by atoms with E-state index in [9.17, 15) is 4.79 Å². The molecule has 0 aromatic rings. The SMILES string of the molecule is CN[C@@H](COCCOC1CC/C=C/CCC1)C(=O)O. The summed E-state index contributed by atoms with van der Waals surface area (Å²) >= 11 is 0. The third kappa shape index (κ3) is 7.30. The minimum Gasteiger partial charge on any atom is -0.480 e. The lowest BCUT2D eigenvalue weighted by Crippen LogP contribution is -2.38. The first-order chi connectivity index (χ1) is 9.24. The van der Waals surface area contributed by atoms with Crippen LogP contribution in [0.2, 0.25) is 0 Å². The van der Waals surface area contributed by atoms with Crippen molar-refractivity contribution in [3.63, 3.8) is 0 Å². The standard InChI is InChI=1S/C14H25NO4/c1-15-13(14(16)17)11-18-9-10-19-12-7-5-3-2-4-6-8-12/h2-3,12-13,15H,4-11H2,1H3,(H,16,17)/b3-2+/t12?,13-/m0/s1. The summed E-state index contributed by atoms with van der Waals surface area (Å²) in [6, 6.07) is -0.647. The van der Waals surface area contributed by atoms with Crippen LogP contribution in [0, 0.1) is 0 Å². The van der Waals surface area contributed by atoms with E-state index in [0.29, 0.717) is 19.3 Å². The topological polar surface area (TPSA) is 67.8 Å². The monoisotopic (exact) mass is 271 g/mol. The van der Waals surface area contributed by atoms with Crippen LogP contribution in [-0.4, -0.2) is 50.1 Å². The molecule has 1 aliphatic carbocycles. The molecule has 0 heterocycles. The molecule has 1 aliphatic rings. The van der Waals surface area contributed by atoms with Crippen molar-refractivity contribution in [2.45, 2.75) is 44.2 Å². The zero-order valence-corrected chi connectivity index (χ0v) is 11.6. The van der Waals surface area contributed by atoms with E-state index in [2.05, 4.69) is 17.5 Å². The molecule has 5 nitrogen and oxygen atoms in total. The zero-order valence-electron chi connectivity index (χ0n) is 11.6. The lowest BCUT2D eigenvalue weighted by Gasteiger charge is -2.19. The Labute approximate surface area is 115 Å². The summed E-state index contributed by atoms with van der Waals surface area (Å²) < 4.78 is 11.1. The van der Waals surface area contributed by atoms with Gasteiger partial charge in [-0.15, -0.1) is 0 Å². The van der Waals surface area contributed by atoms with Crippen molar-refractivity contribution in [2.75, 3.05) is 26.9 Å². The number of likely N-dealkylation sites (N-methyl/N-ethyl adjacent to an activating group) is 1. The highest BCUT2D eigenvalue weighted by Crippen LogP contribution is 2.15. The van der Waals surface area contributed by atoms with Crippen LogP contribution in [0.25, 0.3) is 0 Å². The van der Waals surface area contributed by atoms with Gasteiger partial charge < -0.3 is 19.9 Å². The maximum absolute atomic E-state index is 10.7. The molecular formula is C14H25NO4. The fraction of sp³-hybridized carbons (Fsp3) is 0.786. The molecule has 0 saturated heterocycles. The van der Waals surface area contributed by atoms with Gasteiger partial charge in [-0.25, -0.2) is 0 Å². The third-order valence-corrected chi connectivity index (χ3v) is 3.23. The van der Waals surface area contributed by atoms with E-state index in [-0.39, 0.29) is 6.61 Å². The fourth-order valence-electron chi connectivity index (χ4n) is 2.05. The first kappa shape index (κ1) is 16.1. The van der Waals surface area contributed by atoms with Crippen LogP contribution >= 0.6 is 0 Å². The molecule has 5 heteroatoms. The summed E-state index contributed by atoms with van der Waals surface area (Å²) in [6.45, 7) is 1.14. The van der Waals surface area contributed by atoms with E-state index in [1.807, 2.05) is 0 Å². The van der Waals surface area contributed by atoms with Gasteiger partial charge in [0.1, 0.15) is 6.04 Å². The van der Waals surface area contributed by atoms with Gasteiger partial charge in [-0.2, -0.15) is 0 Å². The average molecular weight is 271 g/mol. The Morgan fingerprint density at radius 3 is 2.89 bits per heavy atom. The van der Waals surface area contributed by atoms with Gasteiger partial charge in [-0.3, -0.25) is 4.79 Å². The predicted octanol–water partition coefficient (Wildman–Crippen LogP) is 1.58. The van der Waals surface area contributed by atoms with Crippen molar-refractivity contribution in [1.82, 2.24) is 5.32 Å². The van der Waals surface area contributed by atoms with Crippen LogP contribution < -0.4 is 5.32 Å². The molecule has 2 N–H and O–H groups in total.